The topological polar surface area (TPSA) is 75.4 Å². The van der Waals surface area contributed by atoms with E-state index in [0.717, 1.165) is 19.3 Å². The van der Waals surface area contributed by atoms with Crippen LogP contribution in [0.4, 0.5) is 0 Å². The third-order valence-electron chi connectivity index (χ3n) is 3.95. The molecule has 1 fully saturated rings. The van der Waals surface area contributed by atoms with Gasteiger partial charge >= 0.3 is 0 Å². The Morgan fingerprint density at radius 1 is 1.35 bits per heavy atom. The molecule has 0 aliphatic heterocycles. The van der Waals surface area contributed by atoms with Crippen LogP contribution in [-0.4, -0.2) is 42.9 Å². The van der Waals surface area contributed by atoms with Gasteiger partial charge in [-0.2, -0.15) is 0 Å². The van der Waals surface area contributed by atoms with Crippen LogP contribution in [0.2, 0.25) is 0 Å². The van der Waals surface area contributed by atoms with E-state index in [4.69, 9.17) is 5.73 Å². The summed E-state index contributed by atoms with van der Waals surface area (Å²) >= 11 is 0. The summed E-state index contributed by atoms with van der Waals surface area (Å²) in [6.45, 7) is 6.99. The van der Waals surface area contributed by atoms with Crippen molar-refractivity contribution in [3.63, 3.8) is 0 Å². The van der Waals surface area contributed by atoms with E-state index in [9.17, 15) is 9.59 Å². The van der Waals surface area contributed by atoms with Gasteiger partial charge in [-0.25, -0.2) is 0 Å². The predicted molar refractivity (Wildman–Crippen MR) is 80.0 cm³/mol. The number of hydrogen-bond donors (Lipinski definition) is 2. The molecule has 2 amide bonds. The van der Waals surface area contributed by atoms with Gasteiger partial charge in [0.15, 0.2) is 0 Å². The minimum Gasteiger partial charge on any atom is -0.354 e. The minimum absolute atomic E-state index is 0.00347. The molecule has 0 aromatic carbocycles. The van der Waals surface area contributed by atoms with Crippen molar-refractivity contribution in [3.05, 3.63) is 0 Å². The molecular formula is C15H29N3O2. The van der Waals surface area contributed by atoms with Crippen molar-refractivity contribution in [1.29, 1.82) is 0 Å². The summed E-state index contributed by atoms with van der Waals surface area (Å²) in [6.07, 6.45) is 2.81. The van der Waals surface area contributed by atoms with E-state index in [1.54, 1.807) is 7.05 Å². The Hall–Kier alpha value is -1.10. The number of carbonyl (C=O) groups is 2. The van der Waals surface area contributed by atoms with Crippen molar-refractivity contribution in [1.82, 2.24) is 10.2 Å². The average Bonchev–Trinajstić information content (AvgIpc) is 2.38. The second-order valence-corrected chi connectivity index (χ2v) is 6.58. The first kappa shape index (κ1) is 17.0. The first-order valence-corrected chi connectivity index (χ1v) is 7.58. The van der Waals surface area contributed by atoms with E-state index in [0.29, 0.717) is 18.4 Å². The first-order chi connectivity index (χ1) is 9.31. The van der Waals surface area contributed by atoms with Crippen LogP contribution in [0.15, 0.2) is 0 Å². The highest BCUT2D eigenvalue weighted by Crippen LogP contribution is 2.29. The van der Waals surface area contributed by atoms with Crippen LogP contribution in [0.25, 0.3) is 0 Å². The summed E-state index contributed by atoms with van der Waals surface area (Å²) in [6, 6.07) is -0.0696. The number of hydrogen-bond acceptors (Lipinski definition) is 3. The highest BCUT2D eigenvalue weighted by molar-refractivity contribution is 5.86. The molecule has 1 aliphatic carbocycles. The number of nitrogens with two attached hydrogens (primary N) is 1. The Kier molecular flexibility index (Phi) is 6.46. The maximum absolute atomic E-state index is 12.4. The Bertz CT molecular complexity index is 344. The van der Waals surface area contributed by atoms with Gasteiger partial charge in [-0.15, -0.1) is 0 Å². The minimum atomic E-state index is -0.137. The number of nitrogens with zero attached hydrogens (tertiary/aromatic N) is 1. The summed E-state index contributed by atoms with van der Waals surface area (Å²) < 4.78 is 0. The Morgan fingerprint density at radius 3 is 2.60 bits per heavy atom. The van der Waals surface area contributed by atoms with Gasteiger partial charge in [0, 0.05) is 19.6 Å². The molecule has 3 N–H and O–H groups in total. The molecule has 5 heteroatoms. The van der Waals surface area contributed by atoms with Crippen molar-refractivity contribution in [3.8, 4) is 0 Å². The average molecular weight is 283 g/mol. The largest absolute Gasteiger partial charge is 0.354 e. The van der Waals surface area contributed by atoms with Crippen molar-refractivity contribution >= 4 is 11.8 Å². The number of rotatable bonds is 5. The Morgan fingerprint density at radius 2 is 2.00 bits per heavy atom. The van der Waals surface area contributed by atoms with E-state index in [2.05, 4.69) is 12.2 Å². The predicted octanol–water partition coefficient (Wildman–Crippen LogP) is 0.981. The standard InChI is InChI=1S/C15H29N3O2/c1-10(2)8-17-14(19)9-18(4)15(20)12-7-11(3)5-6-13(12)16/h10-13H,5-9,16H2,1-4H3,(H,17,19). The normalized spacial score (nSPS) is 26.4. The lowest BCUT2D eigenvalue weighted by atomic mass is 9.78. The zero-order valence-corrected chi connectivity index (χ0v) is 13.2. The number of carbonyl (C=O) groups excluding carboxylic acids is 2. The van der Waals surface area contributed by atoms with Gasteiger partial charge in [-0.1, -0.05) is 20.8 Å². The molecule has 0 spiro atoms. The molecule has 0 heterocycles. The van der Waals surface area contributed by atoms with Crippen LogP contribution in [0, 0.1) is 17.8 Å². The maximum Gasteiger partial charge on any atom is 0.239 e. The van der Waals surface area contributed by atoms with Gasteiger partial charge in [0.1, 0.15) is 0 Å². The lowest BCUT2D eigenvalue weighted by Crippen LogP contribution is -2.48. The van der Waals surface area contributed by atoms with Crippen molar-refractivity contribution in [2.75, 3.05) is 20.1 Å². The number of likely N-dealkylation sites (N-methyl/N-ethyl adjacent to an activating group) is 1. The molecule has 0 aromatic heterocycles. The smallest absolute Gasteiger partial charge is 0.239 e. The molecule has 5 nitrogen and oxygen atoms in total. The second kappa shape index (κ2) is 7.62. The third-order valence-corrected chi connectivity index (χ3v) is 3.95. The molecule has 1 saturated carbocycles. The van der Waals surface area contributed by atoms with Crippen LogP contribution < -0.4 is 11.1 Å². The zero-order chi connectivity index (χ0) is 15.3. The summed E-state index contributed by atoms with van der Waals surface area (Å²) in [5.74, 6) is 0.705. The maximum atomic E-state index is 12.4. The van der Waals surface area contributed by atoms with Crippen molar-refractivity contribution in [2.45, 2.75) is 46.1 Å². The molecule has 3 atom stereocenters. The van der Waals surface area contributed by atoms with Crippen molar-refractivity contribution < 1.29 is 9.59 Å². The highest BCUT2D eigenvalue weighted by atomic mass is 16.2. The van der Waals surface area contributed by atoms with Gasteiger partial charge in [-0.3, -0.25) is 9.59 Å². The van der Waals surface area contributed by atoms with Gasteiger partial charge in [-0.05, 0) is 31.1 Å². The molecule has 0 radical (unpaired) electrons. The van der Waals surface area contributed by atoms with Gasteiger partial charge < -0.3 is 16.0 Å². The fraction of sp³-hybridized carbons (Fsp3) is 0.867. The lowest BCUT2D eigenvalue weighted by molar-refractivity contribution is -0.139. The van der Waals surface area contributed by atoms with Crippen LogP contribution in [-0.2, 0) is 9.59 Å². The summed E-state index contributed by atoms with van der Waals surface area (Å²) in [4.78, 5) is 25.7. The summed E-state index contributed by atoms with van der Waals surface area (Å²) in [7, 11) is 1.68. The number of amides is 2. The molecular weight excluding hydrogens is 254 g/mol. The molecule has 0 aromatic rings. The summed E-state index contributed by atoms with van der Waals surface area (Å²) in [5.41, 5.74) is 6.06. The van der Waals surface area contributed by atoms with E-state index >= 15 is 0 Å². The molecule has 20 heavy (non-hydrogen) atoms. The quantitative estimate of drug-likeness (QED) is 0.790. The third kappa shape index (κ3) is 5.12. The molecule has 1 aliphatic rings. The highest BCUT2D eigenvalue weighted by Gasteiger charge is 2.33. The van der Waals surface area contributed by atoms with Crippen LogP contribution in [0.1, 0.15) is 40.0 Å². The fourth-order valence-electron chi connectivity index (χ4n) is 2.64. The van der Waals surface area contributed by atoms with Gasteiger partial charge in [0.2, 0.25) is 11.8 Å². The second-order valence-electron chi connectivity index (χ2n) is 6.58. The molecule has 0 bridgehead atoms. The van der Waals surface area contributed by atoms with E-state index < -0.39 is 0 Å². The van der Waals surface area contributed by atoms with Gasteiger partial charge in [0.25, 0.3) is 0 Å². The van der Waals surface area contributed by atoms with E-state index in [1.165, 1.54) is 4.90 Å². The van der Waals surface area contributed by atoms with Gasteiger partial charge in [0.05, 0.1) is 12.5 Å². The molecule has 1 rings (SSSR count). The van der Waals surface area contributed by atoms with Crippen LogP contribution in [0.5, 0.6) is 0 Å². The monoisotopic (exact) mass is 283 g/mol. The lowest BCUT2D eigenvalue weighted by Gasteiger charge is -2.33. The number of nitrogens with one attached hydrogen (secondary N) is 1. The van der Waals surface area contributed by atoms with Crippen molar-refractivity contribution in [2.24, 2.45) is 23.5 Å². The first-order valence-electron chi connectivity index (χ1n) is 7.58. The van der Waals surface area contributed by atoms with E-state index in [1.807, 2.05) is 13.8 Å². The Balaban J connectivity index is 2.47. The zero-order valence-electron chi connectivity index (χ0n) is 13.2. The fourth-order valence-corrected chi connectivity index (χ4v) is 2.64. The Labute approximate surface area is 122 Å². The SMILES string of the molecule is CC(C)CNC(=O)CN(C)C(=O)C1CC(C)CCC1N. The van der Waals surface area contributed by atoms with Crippen LogP contribution >= 0.6 is 0 Å². The summed E-state index contributed by atoms with van der Waals surface area (Å²) in [5, 5.41) is 2.83. The van der Waals surface area contributed by atoms with Crippen LogP contribution in [0.3, 0.4) is 0 Å². The molecule has 116 valence electrons. The van der Waals surface area contributed by atoms with E-state index in [-0.39, 0.29) is 30.3 Å². The molecule has 0 saturated heterocycles. The molecule has 3 unspecified atom stereocenters.